The molecule has 8 nitrogen and oxygen atoms in total. The van der Waals surface area contributed by atoms with E-state index in [1.807, 2.05) is 30.0 Å². The maximum Gasteiger partial charge on any atom is 0.254 e. The van der Waals surface area contributed by atoms with Crippen LogP contribution >= 0.6 is 0 Å². The number of aryl methyl sites for hydroxylation is 1. The lowest BCUT2D eigenvalue weighted by molar-refractivity contribution is 0.0600. The maximum absolute atomic E-state index is 13.1. The molecule has 3 aromatic rings. The highest BCUT2D eigenvalue weighted by atomic mass is 16.2. The second-order valence-electron chi connectivity index (χ2n) is 6.22. The summed E-state index contributed by atoms with van der Waals surface area (Å²) >= 11 is 0. The van der Waals surface area contributed by atoms with Crippen molar-refractivity contribution >= 4 is 5.91 Å². The van der Waals surface area contributed by atoms with Gasteiger partial charge in [0.2, 0.25) is 0 Å². The lowest BCUT2D eigenvalue weighted by Gasteiger charge is -2.34. The fraction of sp³-hybridized carbons (Fsp3) is 0.353. The molecule has 0 unspecified atom stereocenters. The Labute approximate surface area is 144 Å². The number of piperidine rings is 1. The first-order valence-electron chi connectivity index (χ1n) is 8.36. The summed E-state index contributed by atoms with van der Waals surface area (Å²) < 4.78 is 1.70. The van der Waals surface area contributed by atoms with E-state index in [-0.39, 0.29) is 11.9 Å². The van der Waals surface area contributed by atoms with Gasteiger partial charge < -0.3 is 4.90 Å². The van der Waals surface area contributed by atoms with Crippen LogP contribution in [-0.4, -0.2) is 47.3 Å². The first kappa shape index (κ1) is 15.5. The fourth-order valence-electron chi connectivity index (χ4n) is 3.38. The Kier molecular flexibility index (Phi) is 4.01. The molecule has 1 saturated heterocycles. The molecule has 0 aliphatic carbocycles. The molecule has 0 radical (unpaired) electrons. The molecule has 2 aromatic heterocycles. The van der Waals surface area contributed by atoms with Gasteiger partial charge in [0.25, 0.3) is 5.91 Å². The quantitative estimate of drug-likeness (QED) is 0.790. The van der Waals surface area contributed by atoms with E-state index in [0.717, 1.165) is 42.9 Å². The third-order valence-electron chi connectivity index (χ3n) is 4.62. The number of aromatic nitrogens is 6. The summed E-state index contributed by atoms with van der Waals surface area (Å²) in [6, 6.07) is 5.62. The largest absolute Gasteiger partial charge is 0.328 e. The zero-order valence-corrected chi connectivity index (χ0v) is 14.0. The van der Waals surface area contributed by atoms with Crippen LogP contribution in [0.25, 0.3) is 5.69 Å². The summed E-state index contributed by atoms with van der Waals surface area (Å²) in [4.78, 5) is 23.2. The Morgan fingerprint density at radius 1 is 1.28 bits per heavy atom. The van der Waals surface area contributed by atoms with Gasteiger partial charge >= 0.3 is 0 Å². The number of rotatable bonds is 3. The second kappa shape index (κ2) is 6.46. The van der Waals surface area contributed by atoms with E-state index in [2.05, 4.69) is 25.3 Å². The number of H-pyrrole nitrogens is 1. The zero-order chi connectivity index (χ0) is 17.2. The van der Waals surface area contributed by atoms with Gasteiger partial charge in [-0.05, 0) is 49.9 Å². The highest BCUT2D eigenvalue weighted by molar-refractivity contribution is 5.95. The van der Waals surface area contributed by atoms with Crippen molar-refractivity contribution in [3.63, 3.8) is 0 Å². The Bertz CT molecular complexity index is 857. The smallest absolute Gasteiger partial charge is 0.254 e. The van der Waals surface area contributed by atoms with E-state index in [0.29, 0.717) is 5.56 Å². The molecule has 0 bridgehead atoms. The van der Waals surface area contributed by atoms with E-state index in [9.17, 15) is 4.79 Å². The SMILES string of the molecule is Cc1cc(C(=O)N2CCCC[C@@H]2c2ncn[nH]2)ccc1-n1cncn1. The van der Waals surface area contributed by atoms with Crippen LogP contribution in [0.1, 0.15) is 47.1 Å². The summed E-state index contributed by atoms with van der Waals surface area (Å²) in [6.45, 7) is 2.70. The number of hydrogen-bond acceptors (Lipinski definition) is 5. The predicted molar refractivity (Wildman–Crippen MR) is 90.1 cm³/mol. The van der Waals surface area contributed by atoms with E-state index < -0.39 is 0 Å². The summed E-state index contributed by atoms with van der Waals surface area (Å²) in [7, 11) is 0. The molecule has 1 aliphatic heterocycles. The molecule has 1 aromatic carbocycles. The minimum absolute atomic E-state index is 0.0225. The van der Waals surface area contributed by atoms with Gasteiger partial charge in [-0.2, -0.15) is 10.2 Å². The molecule has 128 valence electrons. The van der Waals surface area contributed by atoms with Gasteiger partial charge in [0.05, 0.1) is 11.7 Å². The molecule has 8 heteroatoms. The predicted octanol–water partition coefficient (Wildman–Crippen LogP) is 2.06. The van der Waals surface area contributed by atoms with Crippen LogP contribution in [0.2, 0.25) is 0 Å². The van der Waals surface area contributed by atoms with Gasteiger partial charge in [0, 0.05) is 12.1 Å². The van der Waals surface area contributed by atoms with E-state index in [1.165, 1.54) is 12.7 Å². The molecule has 1 amide bonds. The molecule has 0 saturated carbocycles. The Balaban J connectivity index is 1.62. The number of hydrogen-bond donors (Lipinski definition) is 1. The minimum atomic E-state index is -0.0425. The number of benzene rings is 1. The molecule has 1 aliphatic rings. The Morgan fingerprint density at radius 3 is 2.92 bits per heavy atom. The van der Waals surface area contributed by atoms with Crippen LogP contribution < -0.4 is 0 Å². The van der Waals surface area contributed by atoms with Gasteiger partial charge in [-0.3, -0.25) is 9.89 Å². The van der Waals surface area contributed by atoms with Crippen LogP contribution in [-0.2, 0) is 0 Å². The molecule has 1 N–H and O–H groups in total. The highest BCUT2D eigenvalue weighted by Crippen LogP contribution is 2.30. The molecule has 1 fully saturated rings. The van der Waals surface area contributed by atoms with E-state index in [4.69, 9.17) is 0 Å². The lowest BCUT2D eigenvalue weighted by atomic mass is 9.99. The zero-order valence-electron chi connectivity index (χ0n) is 14.0. The number of amides is 1. The van der Waals surface area contributed by atoms with Crippen LogP contribution in [0.4, 0.5) is 0 Å². The molecular weight excluding hydrogens is 318 g/mol. The number of nitrogens with one attached hydrogen (secondary N) is 1. The van der Waals surface area contributed by atoms with Crippen LogP contribution in [0.5, 0.6) is 0 Å². The van der Waals surface area contributed by atoms with Gasteiger partial charge in [-0.15, -0.1) is 0 Å². The molecular formula is C17H19N7O. The topological polar surface area (TPSA) is 92.6 Å². The van der Waals surface area contributed by atoms with Crippen molar-refractivity contribution in [2.45, 2.75) is 32.2 Å². The van der Waals surface area contributed by atoms with Gasteiger partial charge in [0.15, 0.2) is 0 Å². The number of carbonyl (C=O) groups excluding carboxylic acids is 1. The fourth-order valence-corrected chi connectivity index (χ4v) is 3.38. The van der Waals surface area contributed by atoms with Crippen molar-refractivity contribution in [2.75, 3.05) is 6.54 Å². The normalized spacial score (nSPS) is 17.6. The third kappa shape index (κ3) is 2.90. The number of nitrogens with zero attached hydrogens (tertiary/aromatic N) is 6. The number of carbonyl (C=O) groups is 1. The van der Waals surface area contributed by atoms with Crippen LogP contribution in [0.3, 0.4) is 0 Å². The lowest BCUT2D eigenvalue weighted by Crippen LogP contribution is -2.39. The molecule has 25 heavy (non-hydrogen) atoms. The second-order valence-corrected chi connectivity index (χ2v) is 6.22. The first-order valence-corrected chi connectivity index (χ1v) is 8.36. The van der Waals surface area contributed by atoms with Crippen molar-refractivity contribution in [1.29, 1.82) is 0 Å². The highest BCUT2D eigenvalue weighted by Gasteiger charge is 2.30. The Hall–Kier alpha value is -3.03. The van der Waals surface area contributed by atoms with Gasteiger partial charge in [-0.25, -0.2) is 14.6 Å². The standard InChI is InChI=1S/C17H19N7O/c1-12-8-13(5-6-14(12)24-11-18-9-21-24)17(25)23-7-3-2-4-15(23)16-19-10-20-22-16/h5-6,8-11,15H,2-4,7H2,1H3,(H,19,20,22)/t15-/m1/s1. The average Bonchev–Trinajstić information content (AvgIpc) is 3.35. The minimum Gasteiger partial charge on any atom is -0.328 e. The molecule has 1 atom stereocenters. The summed E-state index contributed by atoms with van der Waals surface area (Å²) in [5, 5.41) is 11.0. The van der Waals surface area contributed by atoms with Crippen molar-refractivity contribution < 1.29 is 4.79 Å². The molecule has 0 spiro atoms. The van der Waals surface area contributed by atoms with Crippen molar-refractivity contribution in [3.05, 3.63) is 54.1 Å². The van der Waals surface area contributed by atoms with Crippen molar-refractivity contribution in [1.82, 2.24) is 34.8 Å². The maximum atomic E-state index is 13.1. The third-order valence-corrected chi connectivity index (χ3v) is 4.62. The first-order chi connectivity index (χ1) is 12.2. The van der Waals surface area contributed by atoms with Crippen molar-refractivity contribution in [2.24, 2.45) is 0 Å². The summed E-state index contributed by atoms with van der Waals surface area (Å²) in [5.74, 6) is 0.776. The Morgan fingerprint density at radius 2 is 2.20 bits per heavy atom. The van der Waals surface area contributed by atoms with Gasteiger partial charge in [-0.1, -0.05) is 0 Å². The van der Waals surface area contributed by atoms with Crippen LogP contribution in [0, 0.1) is 6.92 Å². The number of aromatic amines is 1. The monoisotopic (exact) mass is 337 g/mol. The summed E-state index contributed by atoms with van der Waals surface area (Å²) in [6.07, 6.45) is 7.62. The average molecular weight is 337 g/mol. The van der Waals surface area contributed by atoms with Gasteiger partial charge in [0.1, 0.15) is 24.8 Å². The summed E-state index contributed by atoms with van der Waals surface area (Å²) in [5.41, 5.74) is 2.57. The van der Waals surface area contributed by atoms with Crippen molar-refractivity contribution in [3.8, 4) is 5.69 Å². The van der Waals surface area contributed by atoms with E-state index >= 15 is 0 Å². The van der Waals surface area contributed by atoms with E-state index in [1.54, 1.807) is 11.0 Å². The number of likely N-dealkylation sites (tertiary alicyclic amines) is 1. The molecule has 4 rings (SSSR count). The molecule has 3 heterocycles. The van der Waals surface area contributed by atoms with Crippen LogP contribution in [0.15, 0.2) is 37.2 Å².